The maximum absolute atomic E-state index is 12.0. The highest BCUT2D eigenvalue weighted by Crippen LogP contribution is 2.55. The van der Waals surface area contributed by atoms with E-state index in [1.165, 1.54) is 13.8 Å². The number of allylic oxidation sites excluding steroid dienone is 2. The predicted molar refractivity (Wildman–Crippen MR) is 113 cm³/mol. The zero-order chi connectivity index (χ0) is 22.0. The van der Waals surface area contributed by atoms with Gasteiger partial charge < -0.3 is 14.6 Å². The second-order valence-electron chi connectivity index (χ2n) is 9.79. The number of hydrogen-bond acceptors (Lipinski definition) is 5. The van der Waals surface area contributed by atoms with Crippen LogP contribution in [0.25, 0.3) is 0 Å². The van der Waals surface area contributed by atoms with E-state index in [-0.39, 0.29) is 29.2 Å². The Labute approximate surface area is 175 Å². The van der Waals surface area contributed by atoms with Gasteiger partial charge in [0, 0.05) is 25.7 Å². The first-order valence-corrected chi connectivity index (χ1v) is 10.8. The van der Waals surface area contributed by atoms with Gasteiger partial charge in [0.15, 0.2) is 0 Å². The lowest BCUT2D eigenvalue weighted by atomic mass is 9.69. The molecule has 0 bridgehead atoms. The Morgan fingerprint density at radius 3 is 2.41 bits per heavy atom. The van der Waals surface area contributed by atoms with Gasteiger partial charge in [0.1, 0.15) is 11.7 Å². The van der Waals surface area contributed by atoms with E-state index < -0.39 is 17.8 Å². The standard InChI is InChI=1S/C24H38O5/c1-15-8-9-20(27)16(2)14-21(28-17(3)25)22-19(23(5,6)29-18(4)26)11-13-24(22,7)12-10-15/h10,12,14-15,19-22,27H,8-9,11,13H2,1-7H3/b12-10+,16-14-/t15-,19-,20?,21+,22-,24+/m1/s1. The third-order valence-electron chi connectivity index (χ3n) is 6.80. The minimum Gasteiger partial charge on any atom is -0.460 e. The number of aliphatic hydroxyl groups excluding tert-OH is 1. The summed E-state index contributed by atoms with van der Waals surface area (Å²) in [5, 5.41) is 10.6. The molecule has 1 unspecified atom stereocenters. The Hall–Kier alpha value is -1.62. The fourth-order valence-corrected chi connectivity index (χ4v) is 5.20. The largest absolute Gasteiger partial charge is 0.460 e. The summed E-state index contributed by atoms with van der Waals surface area (Å²) in [5.41, 5.74) is -0.0708. The highest BCUT2D eigenvalue weighted by molar-refractivity contribution is 5.67. The van der Waals surface area contributed by atoms with Crippen LogP contribution in [0.15, 0.2) is 23.8 Å². The number of hydrogen-bond donors (Lipinski definition) is 1. The van der Waals surface area contributed by atoms with Crippen molar-refractivity contribution in [1.29, 1.82) is 0 Å². The number of rotatable bonds is 3. The number of esters is 2. The zero-order valence-electron chi connectivity index (χ0n) is 19.0. The number of carbonyl (C=O) groups is 2. The van der Waals surface area contributed by atoms with E-state index in [2.05, 4.69) is 26.0 Å². The molecule has 0 heterocycles. The van der Waals surface area contributed by atoms with Crippen molar-refractivity contribution < 1.29 is 24.2 Å². The predicted octanol–water partition coefficient (Wildman–Crippen LogP) is 4.59. The summed E-state index contributed by atoms with van der Waals surface area (Å²) < 4.78 is 11.5. The summed E-state index contributed by atoms with van der Waals surface area (Å²) in [7, 11) is 0. The van der Waals surface area contributed by atoms with Crippen LogP contribution in [0.5, 0.6) is 0 Å². The first kappa shape index (κ1) is 23.7. The summed E-state index contributed by atoms with van der Waals surface area (Å²) >= 11 is 0. The van der Waals surface area contributed by atoms with Crippen molar-refractivity contribution in [2.24, 2.45) is 23.2 Å². The SMILES string of the molecule is CC(=O)O[C@H]1/C=C(/C)C(O)CC[C@@H](C)/C=C/[C@@]2(C)CC[C@@H](C(C)(C)OC(C)=O)[C@H]12. The molecule has 5 nitrogen and oxygen atoms in total. The van der Waals surface area contributed by atoms with E-state index in [9.17, 15) is 14.7 Å². The molecule has 0 amide bonds. The van der Waals surface area contributed by atoms with Gasteiger partial charge in [-0.25, -0.2) is 0 Å². The molecule has 0 aliphatic heterocycles. The van der Waals surface area contributed by atoms with Crippen LogP contribution >= 0.6 is 0 Å². The van der Waals surface area contributed by atoms with Gasteiger partial charge >= 0.3 is 11.9 Å². The molecule has 0 spiro atoms. The quantitative estimate of drug-likeness (QED) is 0.548. The maximum Gasteiger partial charge on any atom is 0.303 e. The molecule has 2 rings (SSSR count). The lowest BCUT2D eigenvalue weighted by molar-refractivity contribution is -0.166. The maximum atomic E-state index is 12.0. The molecule has 164 valence electrons. The summed E-state index contributed by atoms with van der Waals surface area (Å²) in [6.07, 6.45) is 8.71. The first-order valence-electron chi connectivity index (χ1n) is 10.8. The van der Waals surface area contributed by atoms with Crippen LogP contribution in [0.3, 0.4) is 0 Å². The third-order valence-corrected chi connectivity index (χ3v) is 6.80. The van der Waals surface area contributed by atoms with Crippen LogP contribution in [0.1, 0.15) is 74.1 Å². The molecule has 1 fully saturated rings. The summed E-state index contributed by atoms with van der Waals surface area (Å²) in [4.78, 5) is 23.7. The van der Waals surface area contributed by atoms with Crippen molar-refractivity contribution in [3.8, 4) is 0 Å². The summed E-state index contributed by atoms with van der Waals surface area (Å²) in [6, 6.07) is 0. The smallest absolute Gasteiger partial charge is 0.303 e. The molecule has 1 N–H and O–H groups in total. The molecule has 0 aromatic carbocycles. The van der Waals surface area contributed by atoms with Gasteiger partial charge in [0.2, 0.25) is 0 Å². The fraction of sp³-hybridized carbons (Fsp3) is 0.750. The van der Waals surface area contributed by atoms with Crippen LogP contribution in [0.4, 0.5) is 0 Å². The van der Waals surface area contributed by atoms with Gasteiger partial charge in [-0.1, -0.05) is 26.0 Å². The molecular weight excluding hydrogens is 368 g/mol. The van der Waals surface area contributed by atoms with Gasteiger partial charge in [-0.3, -0.25) is 9.59 Å². The lowest BCUT2D eigenvalue weighted by Gasteiger charge is -2.42. The van der Waals surface area contributed by atoms with E-state index in [4.69, 9.17) is 9.47 Å². The second-order valence-corrected chi connectivity index (χ2v) is 9.79. The van der Waals surface area contributed by atoms with Crippen LogP contribution in [0, 0.1) is 23.2 Å². The van der Waals surface area contributed by atoms with Crippen molar-refractivity contribution in [2.45, 2.75) is 92.0 Å². The Kier molecular flexibility index (Phi) is 7.37. The number of aliphatic hydroxyl groups is 1. The molecule has 0 radical (unpaired) electrons. The van der Waals surface area contributed by atoms with Gasteiger partial charge in [-0.05, 0) is 69.4 Å². The van der Waals surface area contributed by atoms with E-state index in [1.807, 2.05) is 26.8 Å². The lowest BCUT2D eigenvalue weighted by Crippen LogP contribution is -2.46. The van der Waals surface area contributed by atoms with Crippen molar-refractivity contribution >= 4 is 11.9 Å². The summed E-state index contributed by atoms with van der Waals surface area (Å²) in [5.74, 6) is -0.359. The van der Waals surface area contributed by atoms with Gasteiger partial charge in [-0.15, -0.1) is 0 Å². The zero-order valence-corrected chi connectivity index (χ0v) is 19.0. The second kappa shape index (κ2) is 9.03. The average Bonchev–Trinajstić information content (AvgIpc) is 2.93. The Bertz CT molecular complexity index is 677. The average molecular weight is 407 g/mol. The van der Waals surface area contributed by atoms with Crippen LogP contribution in [0.2, 0.25) is 0 Å². The van der Waals surface area contributed by atoms with E-state index >= 15 is 0 Å². The van der Waals surface area contributed by atoms with Crippen molar-refractivity contribution in [3.05, 3.63) is 23.8 Å². The third kappa shape index (κ3) is 5.71. The minimum atomic E-state index is -0.688. The van der Waals surface area contributed by atoms with E-state index in [0.717, 1.165) is 24.8 Å². The molecule has 2 aliphatic rings. The minimum absolute atomic E-state index is 0.0163. The van der Waals surface area contributed by atoms with E-state index in [0.29, 0.717) is 12.3 Å². The van der Waals surface area contributed by atoms with Gasteiger partial charge in [0.05, 0.1) is 6.10 Å². The molecule has 0 saturated heterocycles. The molecule has 0 aromatic heterocycles. The first-order chi connectivity index (χ1) is 13.4. The van der Waals surface area contributed by atoms with Crippen LogP contribution in [-0.2, 0) is 19.1 Å². The monoisotopic (exact) mass is 406 g/mol. The van der Waals surface area contributed by atoms with Crippen LogP contribution in [-0.4, -0.2) is 34.9 Å². The molecular formula is C24H38O5. The van der Waals surface area contributed by atoms with Crippen molar-refractivity contribution in [3.63, 3.8) is 0 Å². The normalized spacial score (nSPS) is 38.8. The molecule has 0 aromatic rings. The van der Waals surface area contributed by atoms with E-state index in [1.54, 1.807) is 0 Å². The van der Waals surface area contributed by atoms with Crippen molar-refractivity contribution in [1.82, 2.24) is 0 Å². The Balaban J connectivity index is 2.59. The molecule has 6 atom stereocenters. The van der Waals surface area contributed by atoms with Gasteiger partial charge in [0.25, 0.3) is 0 Å². The number of fused-ring (bicyclic) bond motifs is 1. The molecule has 29 heavy (non-hydrogen) atoms. The topological polar surface area (TPSA) is 72.8 Å². The highest BCUT2D eigenvalue weighted by Gasteiger charge is 2.54. The van der Waals surface area contributed by atoms with Crippen molar-refractivity contribution in [2.75, 3.05) is 0 Å². The Morgan fingerprint density at radius 2 is 1.83 bits per heavy atom. The number of ether oxygens (including phenoxy) is 2. The van der Waals surface area contributed by atoms with Gasteiger partial charge in [-0.2, -0.15) is 0 Å². The molecule has 5 heteroatoms. The number of carbonyl (C=O) groups excluding carboxylic acids is 2. The molecule has 2 aliphatic carbocycles. The molecule has 1 saturated carbocycles. The highest BCUT2D eigenvalue weighted by atomic mass is 16.6. The van der Waals surface area contributed by atoms with Crippen LogP contribution < -0.4 is 0 Å². The summed E-state index contributed by atoms with van der Waals surface area (Å²) in [6.45, 7) is 13.0. The Morgan fingerprint density at radius 1 is 1.17 bits per heavy atom. The fourth-order valence-electron chi connectivity index (χ4n) is 5.20.